The second-order valence-corrected chi connectivity index (χ2v) is 9.04. The van der Waals surface area contributed by atoms with Gasteiger partial charge in [0.2, 0.25) is 0 Å². The predicted molar refractivity (Wildman–Crippen MR) is 138 cm³/mol. The zero-order valence-corrected chi connectivity index (χ0v) is 20.3. The van der Waals surface area contributed by atoms with Crippen molar-refractivity contribution in [1.29, 1.82) is 0 Å². The van der Waals surface area contributed by atoms with Crippen LogP contribution < -0.4 is 14.8 Å². The first-order chi connectivity index (χ1) is 16.5. The molecule has 4 aromatic carbocycles. The topological polar surface area (TPSA) is 47.6 Å². The Labute approximate surface area is 204 Å². The fourth-order valence-electron chi connectivity index (χ4n) is 3.47. The molecule has 4 aromatic rings. The molecule has 4 nitrogen and oxygen atoms in total. The number of rotatable bonds is 8. The Balaban J connectivity index is 1.51. The van der Waals surface area contributed by atoms with Crippen molar-refractivity contribution in [2.24, 2.45) is 0 Å². The Morgan fingerprint density at radius 3 is 2.38 bits per heavy atom. The van der Waals surface area contributed by atoms with Gasteiger partial charge in [0.25, 0.3) is 5.91 Å². The van der Waals surface area contributed by atoms with Crippen LogP contribution in [0.15, 0.2) is 101 Å². The van der Waals surface area contributed by atoms with Crippen LogP contribution in [-0.2, 0) is 6.61 Å². The number of anilines is 1. The van der Waals surface area contributed by atoms with E-state index in [0.29, 0.717) is 17.9 Å². The van der Waals surface area contributed by atoms with E-state index in [1.165, 1.54) is 11.1 Å². The van der Waals surface area contributed by atoms with E-state index in [2.05, 4.69) is 31.3 Å². The molecule has 0 spiro atoms. The van der Waals surface area contributed by atoms with Gasteiger partial charge in [-0.1, -0.05) is 48.2 Å². The molecule has 0 aliphatic carbocycles. The number of aryl methyl sites for hydroxylation is 2. The average molecular weight is 470 g/mol. The lowest BCUT2D eigenvalue weighted by Gasteiger charge is -2.14. The number of nitrogens with one attached hydrogen (secondary N) is 1. The molecular weight excluding hydrogens is 442 g/mol. The van der Waals surface area contributed by atoms with Gasteiger partial charge >= 0.3 is 0 Å². The van der Waals surface area contributed by atoms with Crippen LogP contribution in [0.2, 0.25) is 0 Å². The monoisotopic (exact) mass is 469 g/mol. The van der Waals surface area contributed by atoms with Gasteiger partial charge in [-0.05, 0) is 79.6 Å². The van der Waals surface area contributed by atoms with Crippen LogP contribution in [-0.4, -0.2) is 13.0 Å². The Hall–Kier alpha value is -3.70. The lowest BCUT2D eigenvalue weighted by Crippen LogP contribution is -2.13. The SMILES string of the molecule is COc1ccc(C(=O)Nc2ccccc2Sc2ccccc2)cc1COc1ccc(C)c(C)c1. The van der Waals surface area contributed by atoms with Crippen molar-refractivity contribution in [3.63, 3.8) is 0 Å². The van der Waals surface area contributed by atoms with Gasteiger partial charge < -0.3 is 14.8 Å². The van der Waals surface area contributed by atoms with Crippen LogP contribution in [0.4, 0.5) is 5.69 Å². The van der Waals surface area contributed by atoms with Crippen molar-refractivity contribution in [2.75, 3.05) is 12.4 Å². The summed E-state index contributed by atoms with van der Waals surface area (Å²) in [6.45, 7) is 4.43. The van der Waals surface area contributed by atoms with Gasteiger partial charge in [-0.3, -0.25) is 4.79 Å². The third-order valence-electron chi connectivity index (χ3n) is 5.52. The lowest BCUT2D eigenvalue weighted by atomic mass is 10.1. The predicted octanol–water partition coefficient (Wildman–Crippen LogP) is 7.29. The van der Waals surface area contributed by atoms with Gasteiger partial charge in [-0.2, -0.15) is 0 Å². The summed E-state index contributed by atoms with van der Waals surface area (Å²) in [6, 6.07) is 29.3. The number of amides is 1. The second kappa shape index (κ2) is 10.9. The number of carbonyl (C=O) groups is 1. The molecule has 0 aliphatic rings. The van der Waals surface area contributed by atoms with Gasteiger partial charge in [0.1, 0.15) is 18.1 Å². The quantitative estimate of drug-likeness (QED) is 0.294. The van der Waals surface area contributed by atoms with Crippen LogP contribution in [0.25, 0.3) is 0 Å². The summed E-state index contributed by atoms with van der Waals surface area (Å²) < 4.78 is 11.5. The van der Waals surface area contributed by atoms with Crippen molar-refractivity contribution in [2.45, 2.75) is 30.2 Å². The molecule has 0 heterocycles. The van der Waals surface area contributed by atoms with Gasteiger partial charge in [0, 0.05) is 20.9 Å². The highest BCUT2D eigenvalue weighted by Gasteiger charge is 2.13. The van der Waals surface area contributed by atoms with E-state index < -0.39 is 0 Å². The molecule has 0 fully saturated rings. The molecule has 0 unspecified atom stereocenters. The summed E-state index contributed by atoms with van der Waals surface area (Å²) in [5.41, 5.74) is 4.50. The van der Waals surface area contributed by atoms with Crippen molar-refractivity contribution in [3.8, 4) is 11.5 Å². The summed E-state index contributed by atoms with van der Waals surface area (Å²) in [5.74, 6) is 1.28. The van der Waals surface area contributed by atoms with Crippen molar-refractivity contribution < 1.29 is 14.3 Å². The van der Waals surface area contributed by atoms with Crippen LogP contribution >= 0.6 is 11.8 Å². The standard InChI is InChI=1S/C29H27NO3S/c1-20-13-15-24(17-21(20)2)33-19-23-18-22(14-16-27(23)32-3)29(31)30-26-11-7-8-12-28(26)34-25-9-5-4-6-10-25/h4-18H,19H2,1-3H3,(H,30,31). The molecule has 1 amide bonds. The van der Waals surface area contributed by atoms with Crippen LogP contribution in [0, 0.1) is 13.8 Å². The maximum absolute atomic E-state index is 13.1. The molecule has 0 atom stereocenters. The van der Waals surface area contributed by atoms with E-state index in [1.54, 1.807) is 31.0 Å². The Bertz CT molecular complexity index is 1290. The second-order valence-electron chi connectivity index (χ2n) is 7.93. The van der Waals surface area contributed by atoms with Crippen LogP contribution in [0.3, 0.4) is 0 Å². The molecule has 0 saturated heterocycles. The average Bonchev–Trinajstić information content (AvgIpc) is 2.86. The van der Waals surface area contributed by atoms with Gasteiger partial charge in [-0.15, -0.1) is 0 Å². The molecular formula is C29H27NO3S. The smallest absolute Gasteiger partial charge is 0.255 e. The molecule has 172 valence electrons. The minimum atomic E-state index is -0.184. The minimum absolute atomic E-state index is 0.184. The van der Waals surface area contributed by atoms with Crippen molar-refractivity contribution >= 4 is 23.4 Å². The zero-order valence-electron chi connectivity index (χ0n) is 19.5. The van der Waals surface area contributed by atoms with Crippen molar-refractivity contribution in [1.82, 2.24) is 0 Å². The summed E-state index contributed by atoms with van der Waals surface area (Å²) in [7, 11) is 1.62. The number of para-hydroxylation sites is 1. The molecule has 5 heteroatoms. The highest BCUT2D eigenvalue weighted by Crippen LogP contribution is 2.33. The molecule has 0 radical (unpaired) electrons. The van der Waals surface area contributed by atoms with Gasteiger partial charge in [0.15, 0.2) is 0 Å². The Morgan fingerprint density at radius 1 is 0.853 bits per heavy atom. The van der Waals surface area contributed by atoms with E-state index in [0.717, 1.165) is 26.8 Å². The number of hydrogen-bond acceptors (Lipinski definition) is 4. The summed E-state index contributed by atoms with van der Waals surface area (Å²) >= 11 is 1.61. The van der Waals surface area contributed by atoms with Crippen molar-refractivity contribution in [3.05, 3.63) is 113 Å². The molecule has 0 bridgehead atoms. The molecule has 0 aliphatic heterocycles. The molecule has 0 aromatic heterocycles. The van der Waals surface area contributed by atoms with E-state index >= 15 is 0 Å². The summed E-state index contributed by atoms with van der Waals surface area (Å²) in [4.78, 5) is 15.2. The third kappa shape index (κ3) is 5.80. The number of ether oxygens (including phenoxy) is 2. The normalized spacial score (nSPS) is 10.6. The summed E-state index contributed by atoms with van der Waals surface area (Å²) in [5, 5.41) is 3.06. The first-order valence-electron chi connectivity index (χ1n) is 11.0. The van der Waals surface area contributed by atoms with Gasteiger partial charge in [0.05, 0.1) is 12.8 Å². The molecule has 1 N–H and O–H groups in total. The highest BCUT2D eigenvalue weighted by atomic mass is 32.2. The highest BCUT2D eigenvalue weighted by molar-refractivity contribution is 7.99. The Kier molecular flexibility index (Phi) is 7.55. The molecule has 4 rings (SSSR count). The first-order valence-corrected chi connectivity index (χ1v) is 11.9. The maximum Gasteiger partial charge on any atom is 0.255 e. The van der Waals surface area contributed by atoms with Gasteiger partial charge in [-0.25, -0.2) is 0 Å². The molecule has 34 heavy (non-hydrogen) atoms. The fourth-order valence-corrected chi connectivity index (χ4v) is 4.39. The third-order valence-corrected chi connectivity index (χ3v) is 6.61. The first kappa shape index (κ1) is 23.5. The number of methoxy groups -OCH3 is 1. The van der Waals surface area contributed by atoms with E-state index in [-0.39, 0.29) is 5.91 Å². The van der Waals surface area contributed by atoms with Crippen LogP contribution in [0.1, 0.15) is 27.0 Å². The largest absolute Gasteiger partial charge is 0.496 e. The number of benzene rings is 4. The molecule has 0 saturated carbocycles. The number of hydrogen-bond donors (Lipinski definition) is 1. The van der Waals surface area contributed by atoms with Crippen LogP contribution in [0.5, 0.6) is 11.5 Å². The van der Waals surface area contributed by atoms with E-state index in [4.69, 9.17) is 9.47 Å². The van der Waals surface area contributed by atoms with E-state index in [9.17, 15) is 4.79 Å². The number of carbonyl (C=O) groups excluding carboxylic acids is 1. The maximum atomic E-state index is 13.1. The summed E-state index contributed by atoms with van der Waals surface area (Å²) in [6.07, 6.45) is 0. The minimum Gasteiger partial charge on any atom is -0.496 e. The fraction of sp³-hybridized carbons (Fsp3) is 0.138. The lowest BCUT2D eigenvalue weighted by molar-refractivity contribution is 0.102. The van der Waals surface area contributed by atoms with E-state index in [1.807, 2.05) is 66.7 Å². The Morgan fingerprint density at radius 2 is 1.62 bits per heavy atom. The zero-order chi connectivity index (χ0) is 23.9.